The van der Waals surface area contributed by atoms with Gasteiger partial charge >= 0.3 is 0 Å². The summed E-state index contributed by atoms with van der Waals surface area (Å²) in [5, 5.41) is 11.8. The third-order valence-corrected chi connectivity index (χ3v) is 9.36. The molecule has 0 spiro atoms. The van der Waals surface area contributed by atoms with Gasteiger partial charge in [-0.05, 0) is 74.5 Å². The van der Waals surface area contributed by atoms with Crippen molar-refractivity contribution in [3.63, 3.8) is 0 Å². The maximum absolute atomic E-state index is 13.8. The average Bonchev–Trinajstić information content (AvgIpc) is 4.06. The highest BCUT2D eigenvalue weighted by Gasteiger charge is 2.34. The Morgan fingerprint density at radius 3 is 1.55 bits per heavy atom. The molecule has 0 heterocycles. The molecule has 4 N–H and O–H groups in total. The molecule has 2 rings (SSSR count). The standard InChI is InChI=1S/C44H64N4O9.CH4/c1-5-9-36(4)10-8-28-55-29-23-45-40(49)17-20-44(21-18-41(50)46-24-30-56-34-32-53-26-6-2,22-19-42(51)47-25-31-57-35-33-54-27-7-3)48-43(52)39-15-13-38(14-16-39)37-11-12-37;/h1-3,13-16,36-37H,8-12,17-35H2,4H3,(H,45,49)(H,46,50)(H,47,51)(H,48,52);1H4. The zero-order valence-corrected chi connectivity index (χ0v) is 33.8. The highest BCUT2D eigenvalue weighted by atomic mass is 16.5. The van der Waals surface area contributed by atoms with E-state index in [2.05, 4.69) is 46.0 Å². The van der Waals surface area contributed by atoms with Crippen molar-refractivity contribution in [2.45, 2.75) is 96.4 Å². The Balaban J connectivity index is 0.0000168. The fourth-order valence-corrected chi connectivity index (χ4v) is 5.95. The van der Waals surface area contributed by atoms with Crippen molar-refractivity contribution in [2.24, 2.45) is 5.92 Å². The minimum absolute atomic E-state index is 0. The first-order valence-electron chi connectivity index (χ1n) is 20.1. The van der Waals surface area contributed by atoms with Crippen LogP contribution in [-0.2, 0) is 38.1 Å². The van der Waals surface area contributed by atoms with Gasteiger partial charge in [0, 0.05) is 63.0 Å². The summed E-state index contributed by atoms with van der Waals surface area (Å²) < 4.78 is 27.0. The summed E-state index contributed by atoms with van der Waals surface area (Å²) in [6.45, 7) is 6.25. The minimum Gasteiger partial charge on any atom is -0.380 e. The molecule has 1 fully saturated rings. The van der Waals surface area contributed by atoms with Crippen molar-refractivity contribution in [3.05, 3.63) is 35.4 Å². The zero-order valence-electron chi connectivity index (χ0n) is 33.8. The van der Waals surface area contributed by atoms with Crippen LogP contribution in [0.3, 0.4) is 0 Å². The van der Waals surface area contributed by atoms with Gasteiger partial charge in [-0.15, -0.1) is 25.2 Å². The Kier molecular flexibility index (Phi) is 28.9. The van der Waals surface area contributed by atoms with E-state index >= 15 is 0 Å². The Bertz CT molecular complexity index is 1400. The van der Waals surface area contributed by atoms with E-state index in [4.69, 9.17) is 43.0 Å². The van der Waals surface area contributed by atoms with Crippen LogP contribution in [0.15, 0.2) is 24.3 Å². The van der Waals surface area contributed by atoms with Gasteiger partial charge in [0.05, 0.1) is 46.2 Å². The van der Waals surface area contributed by atoms with E-state index < -0.39 is 5.54 Å². The van der Waals surface area contributed by atoms with E-state index in [0.717, 1.165) is 32.1 Å². The summed E-state index contributed by atoms with van der Waals surface area (Å²) in [5.74, 6) is 7.34. The molecule has 322 valence electrons. The van der Waals surface area contributed by atoms with Gasteiger partial charge < -0.3 is 45.0 Å². The topological polar surface area (TPSA) is 163 Å². The quantitative estimate of drug-likeness (QED) is 0.0593. The third kappa shape index (κ3) is 25.0. The first-order chi connectivity index (χ1) is 27.7. The van der Waals surface area contributed by atoms with Crippen molar-refractivity contribution < 1.29 is 42.9 Å². The molecule has 0 saturated heterocycles. The number of hydrogen-bond acceptors (Lipinski definition) is 9. The van der Waals surface area contributed by atoms with Gasteiger partial charge in [0.15, 0.2) is 0 Å². The summed E-state index contributed by atoms with van der Waals surface area (Å²) in [6, 6.07) is 7.53. The first kappa shape index (κ1) is 51.6. The number of carbonyl (C=O) groups excluding carboxylic acids is 4. The lowest BCUT2D eigenvalue weighted by atomic mass is 9.82. The Hall–Kier alpha value is -4.42. The predicted octanol–water partition coefficient (Wildman–Crippen LogP) is 4.15. The van der Waals surface area contributed by atoms with Gasteiger partial charge in [-0.25, -0.2) is 0 Å². The van der Waals surface area contributed by atoms with E-state index in [1.807, 2.05) is 12.1 Å². The molecule has 1 unspecified atom stereocenters. The van der Waals surface area contributed by atoms with E-state index in [1.54, 1.807) is 12.1 Å². The van der Waals surface area contributed by atoms with Crippen LogP contribution >= 0.6 is 0 Å². The van der Waals surface area contributed by atoms with Crippen LogP contribution in [0.5, 0.6) is 0 Å². The van der Waals surface area contributed by atoms with Gasteiger partial charge in [-0.2, -0.15) is 0 Å². The molecule has 1 atom stereocenters. The molecule has 1 aliphatic carbocycles. The van der Waals surface area contributed by atoms with Crippen LogP contribution < -0.4 is 21.3 Å². The lowest BCUT2D eigenvalue weighted by molar-refractivity contribution is -0.121. The fraction of sp³-hybridized carbons (Fsp3) is 0.644. The van der Waals surface area contributed by atoms with Crippen LogP contribution in [0.1, 0.15) is 107 Å². The summed E-state index contributed by atoms with van der Waals surface area (Å²) >= 11 is 0. The van der Waals surface area contributed by atoms with E-state index in [-0.39, 0.29) is 109 Å². The molecular formula is C45H68N4O9. The minimum atomic E-state index is -1.07. The number of terminal acetylenes is 3. The second-order valence-corrected chi connectivity index (χ2v) is 14.2. The molecule has 58 heavy (non-hydrogen) atoms. The number of hydrogen-bond donors (Lipinski definition) is 4. The Morgan fingerprint density at radius 1 is 0.672 bits per heavy atom. The predicted molar refractivity (Wildman–Crippen MR) is 226 cm³/mol. The second-order valence-electron chi connectivity index (χ2n) is 14.2. The largest absolute Gasteiger partial charge is 0.380 e. The summed E-state index contributed by atoms with van der Waals surface area (Å²) in [4.78, 5) is 53.1. The monoisotopic (exact) mass is 808 g/mol. The number of benzene rings is 1. The van der Waals surface area contributed by atoms with Crippen LogP contribution in [0.4, 0.5) is 0 Å². The lowest BCUT2D eigenvalue weighted by Gasteiger charge is -2.35. The maximum atomic E-state index is 13.8. The Morgan fingerprint density at radius 2 is 1.12 bits per heavy atom. The molecule has 1 aliphatic rings. The van der Waals surface area contributed by atoms with Crippen LogP contribution in [0, 0.1) is 42.9 Å². The number of ether oxygens (including phenoxy) is 5. The van der Waals surface area contributed by atoms with Gasteiger partial charge in [0.2, 0.25) is 17.7 Å². The van der Waals surface area contributed by atoms with Crippen LogP contribution in [0.2, 0.25) is 0 Å². The molecule has 4 amide bonds. The molecule has 13 heteroatoms. The van der Waals surface area contributed by atoms with Crippen LogP contribution in [0.25, 0.3) is 0 Å². The van der Waals surface area contributed by atoms with Gasteiger partial charge in [-0.1, -0.05) is 38.3 Å². The highest BCUT2D eigenvalue weighted by Crippen LogP contribution is 2.40. The molecule has 13 nitrogen and oxygen atoms in total. The highest BCUT2D eigenvalue weighted by molar-refractivity contribution is 5.95. The van der Waals surface area contributed by atoms with Gasteiger partial charge in [0.1, 0.15) is 13.2 Å². The fourth-order valence-electron chi connectivity index (χ4n) is 5.95. The average molecular weight is 809 g/mol. The summed E-state index contributed by atoms with van der Waals surface area (Å²) in [5.41, 5.74) is 0.581. The number of rotatable bonds is 34. The first-order valence-corrected chi connectivity index (χ1v) is 20.1. The third-order valence-electron chi connectivity index (χ3n) is 9.36. The molecule has 0 bridgehead atoms. The van der Waals surface area contributed by atoms with E-state index in [0.29, 0.717) is 63.6 Å². The molecule has 1 aromatic carbocycles. The molecular weight excluding hydrogens is 741 g/mol. The second kappa shape index (κ2) is 32.5. The smallest absolute Gasteiger partial charge is 0.251 e. The van der Waals surface area contributed by atoms with E-state index in [9.17, 15) is 19.2 Å². The summed E-state index contributed by atoms with van der Waals surface area (Å²) in [7, 11) is 0. The number of nitrogens with one attached hydrogen (secondary N) is 4. The zero-order chi connectivity index (χ0) is 41.4. The van der Waals surface area contributed by atoms with Gasteiger partial charge in [0.25, 0.3) is 5.91 Å². The summed E-state index contributed by atoms with van der Waals surface area (Å²) in [6.07, 6.45) is 21.3. The molecule has 0 radical (unpaired) electrons. The number of amides is 4. The molecule has 1 saturated carbocycles. The molecule has 1 aromatic rings. The lowest BCUT2D eigenvalue weighted by Crippen LogP contribution is -2.50. The SMILES string of the molecule is C.C#CCOCCOCCNC(=O)CCC(CCC(=O)NCCOCCCC(C)CC#C)(CCC(=O)NCCOCCOCC#C)NC(=O)c1ccc(C2CC2)cc1. The van der Waals surface area contributed by atoms with Gasteiger partial charge in [-0.3, -0.25) is 19.2 Å². The molecule has 0 aliphatic heterocycles. The van der Waals surface area contributed by atoms with Crippen molar-refractivity contribution in [1.29, 1.82) is 0 Å². The molecule has 0 aromatic heterocycles. The Labute approximate surface area is 347 Å². The van der Waals surface area contributed by atoms with Crippen LogP contribution in [-0.4, -0.2) is 115 Å². The number of carbonyl (C=O) groups is 4. The van der Waals surface area contributed by atoms with Crippen molar-refractivity contribution >= 4 is 23.6 Å². The van der Waals surface area contributed by atoms with E-state index in [1.165, 1.54) is 5.56 Å². The normalized spacial score (nSPS) is 12.5. The van der Waals surface area contributed by atoms with Crippen molar-refractivity contribution in [3.8, 4) is 37.0 Å². The maximum Gasteiger partial charge on any atom is 0.251 e. The van der Waals surface area contributed by atoms with Crippen molar-refractivity contribution in [2.75, 3.05) is 85.7 Å². The van der Waals surface area contributed by atoms with Crippen molar-refractivity contribution in [1.82, 2.24) is 21.3 Å².